The summed E-state index contributed by atoms with van der Waals surface area (Å²) in [4.78, 5) is 4.12. The maximum atomic E-state index is 5.72. The van der Waals surface area contributed by atoms with Crippen molar-refractivity contribution in [3.05, 3.63) is 47.5 Å². The molecule has 4 heteroatoms. The normalized spacial score (nSPS) is 10.2. The van der Waals surface area contributed by atoms with Crippen LogP contribution in [0, 0.1) is 0 Å². The van der Waals surface area contributed by atoms with Crippen LogP contribution in [0.4, 0.5) is 5.82 Å². The van der Waals surface area contributed by atoms with E-state index < -0.39 is 0 Å². The molecule has 0 spiro atoms. The topological polar surface area (TPSA) is 38.1 Å². The van der Waals surface area contributed by atoms with Crippen molar-refractivity contribution in [2.75, 3.05) is 11.9 Å². The minimum absolute atomic E-state index is 0.645. The lowest BCUT2D eigenvalue weighted by Gasteiger charge is -2.03. The fourth-order valence-corrected chi connectivity index (χ4v) is 1.36. The van der Waals surface area contributed by atoms with Crippen molar-refractivity contribution in [1.29, 1.82) is 0 Å². The van der Waals surface area contributed by atoms with Crippen molar-refractivity contribution in [2.24, 2.45) is 0 Å². The van der Waals surface area contributed by atoms with Crippen molar-refractivity contribution in [1.82, 2.24) is 4.98 Å². The number of rotatable bonds is 4. The molecule has 0 bridgehead atoms. The van der Waals surface area contributed by atoms with Crippen LogP contribution in [0.3, 0.4) is 0 Å². The Morgan fingerprint density at radius 1 is 1.33 bits per heavy atom. The highest BCUT2D eigenvalue weighted by molar-refractivity contribution is 6.30. The fraction of sp³-hybridized carbons (Fsp3) is 0.182. The third-order valence-electron chi connectivity index (χ3n) is 1.99. The molecule has 15 heavy (non-hydrogen) atoms. The highest BCUT2D eigenvalue weighted by atomic mass is 35.5. The standard InChI is InChI=1S/C11H11ClN2O/c12-9-3-4-11(14-8-9)13-6-5-10-2-1-7-15-10/h1-4,7-8H,5-6H2,(H,13,14). The number of halogens is 1. The summed E-state index contributed by atoms with van der Waals surface area (Å²) < 4.78 is 5.21. The summed E-state index contributed by atoms with van der Waals surface area (Å²) >= 11 is 5.72. The summed E-state index contributed by atoms with van der Waals surface area (Å²) in [6.07, 6.45) is 4.14. The number of pyridine rings is 1. The van der Waals surface area contributed by atoms with Gasteiger partial charge in [0, 0.05) is 19.2 Å². The SMILES string of the molecule is Clc1ccc(NCCc2ccco2)nc1. The second kappa shape index (κ2) is 4.84. The molecule has 0 aromatic carbocycles. The van der Waals surface area contributed by atoms with E-state index in [1.54, 1.807) is 12.5 Å². The molecule has 0 aliphatic rings. The number of hydrogen-bond donors (Lipinski definition) is 1. The van der Waals surface area contributed by atoms with Crippen LogP contribution >= 0.6 is 11.6 Å². The number of anilines is 1. The molecular formula is C11H11ClN2O. The Hall–Kier alpha value is -1.48. The first-order chi connectivity index (χ1) is 7.34. The number of nitrogens with zero attached hydrogens (tertiary/aromatic N) is 1. The molecule has 0 saturated heterocycles. The smallest absolute Gasteiger partial charge is 0.125 e. The lowest BCUT2D eigenvalue weighted by Crippen LogP contribution is -2.05. The first-order valence-electron chi connectivity index (χ1n) is 4.72. The maximum Gasteiger partial charge on any atom is 0.125 e. The van der Waals surface area contributed by atoms with Crippen LogP contribution in [0.5, 0.6) is 0 Å². The third kappa shape index (κ3) is 2.99. The van der Waals surface area contributed by atoms with Gasteiger partial charge < -0.3 is 9.73 Å². The molecule has 0 fully saturated rings. The van der Waals surface area contributed by atoms with E-state index in [0.717, 1.165) is 24.5 Å². The fourth-order valence-electron chi connectivity index (χ4n) is 1.25. The highest BCUT2D eigenvalue weighted by Crippen LogP contribution is 2.09. The number of aromatic nitrogens is 1. The molecule has 0 aliphatic heterocycles. The molecule has 2 heterocycles. The molecule has 78 valence electrons. The maximum absolute atomic E-state index is 5.72. The van der Waals surface area contributed by atoms with Gasteiger partial charge in [0.2, 0.25) is 0 Å². The second-order valence-electron chi connectivity index (χ2n) is 3.12. The Bertz CT molecular complexity index is 397. The molecule has 2 rings (SSSR count). The molecule has 0 saturated carbocycles. The molecule has 0 unspecified atom stereocenters. The summed E-state index contributed by atoms with van der Waals surface area (Å²) in [5.74, 6) is 1.79. The van der Waals surface area contributed by atoms with Crippen molar-refractivity contribution in [2.45, 2.75) is 6.42 Å². The molecule has 0 atom stereocenters. The monoisotopic (exact) mass is 222 g/mol. The van der Waals surface area contributed by atoms with E-state index in [-0.39, 0.29) is 0 Å². The quantitative estimate of drug-likeness (QED) is 0.864. The van der Waals surface area contributed by atoms with Crippen LogP contribution in [-0.2, 0) is 6.42 Å². The van der Waals surface area contributed by atoms with Crippen molar-refractivity contribution >= 4 is 17.4 Å². The van der Waals surface area contributed by atoms with Crippen LogP contribution in [0.2, 0.25) is 5.02 Å². The van der Waals surface area contributed by atoms with E-state index in [1.807, 2.05) is 24.3 Å². The zero-order valence-electron chi connectivity index (χ0n) is 8.11. The Labute approximate surface area is 93.1 Å². The van der Waals surface area contributed by atoms with E-state index in [9.17, 15) is 0 Å². The average Bonchev–Trinajstić information content (AvgIpc) is 2.74. The summed E-state index contributed by atoms with van der Waals surface area (Å²) in [6.45, 7) is 0.794. The van der Waals surface area contributed by atoms with E-state index in [2.05, 4.69) is 10.3 Å². The molecule has 3 nitrogen and oxygen atoms in total. The lowest BCUT2D eigenvalue weighted by atomic mass is 10.3. The van der Waals surface area contributed by atoms with Crippen molar-refractivity contribution in [3.63, 3.8) is 0 Å². The van der Waals surface area contributed by atoms with Gasteiger partial charge in [0.1, 0.15) is 11.6 Å². The summed E-state index contributed by atoms with van der Waals surface area (Å²) in [6, 6.07) is 7.50. The van der Waals surface area contributed by atoms with Gasteiger partial charge in [0.15, 0.2) is 0 Å². The molecular weight excluding hydrogens is 212 g/mol. The predicted molar refractivity (Wildman–Crippen MR) is 60.1 cm³/mol. The van der Waals surface area contributed by atoms with Crippen molar-refractivity contribution < 1.29 is 4.42 Å². The van der Waals surface area contributed by atoms with Crippen LogP contribution in [0.1, 0.15) is 5.76 Å². The first-order valence-corrected chi connectivity index (χ1v) is 5.10. The molecule has 2 aromatic heterocycles. The number of nitrogens with one attached hydrogen (secondary N) is 1. The molecule has 0 aliphatic carbocycles. The van der Waals surface area contributed by atoms with Gasteiger partial charge in [0.25, 0.3) is 0 Å². The van der Waals surface area contributed by atoms with Crippen LogP contribution < -0.4 is 5.32 Å². The summed E-state index contributed by atoms with van der Waals surface area (Å²) in [7, 11) is 0. The van der Waals surface area contributed by atoms with Gasteiger partial charge in [-0.05, 0) is 24.3 Å². The van der Waals surface area contributed by atoms with Gasteiger partial charge in [-0.2, -0.15) is 0 Å². The van der Waals surface area contributed by atoms with Gasteiger partial charge in [-0.25, -0.2) is 4.98 Å². The Kier molecular flexibility index (Phi) is 3.25. The summed E-state index contributed by atoms with van der Waals surface area (Å²) in [5, 5.41) is 3.83. The molecule has 1 N–H and O–H groups in total. The van der Waals surface area contributed by atoms with Gasteiger partial charge in [-0.1, -0.05) is 11.6 Å². The van der Waals surface area contributed by atoms with Gasteiger partial charge in [-0.3, -0.25) is 0 Å². The Morgan fingerprint density at radius 3 is 2.93 bits per heavy atom. The molecule has 2 aromatic rings. The lowest BCUT2D eigenvalue weighted by molar-refractivity contribution is 0.513. The van der Waals surface area contributed by atoms with Gasteiger partial charge in [0.05, 0.1) is 11.3 Å². The van der Waals surface area contributed by atoms with Crippen LogP contribution in [0.25, 0.3) is 0 Å². The Morgan fingerprint density at radius 2 is 2.27 bits per heavy atom. The van der Waals surface area contributed by atoms with E-state index in [1.165, 1.54) is 0 Å². The number of furan rings is 1. The van der Waals surface area contributed by atoms with Crippen LogP contribution in [0.15, 0.2) is 41.1 Å². The summed E-state index contributed by atoms with van der Waals surface area (Å²) in [5.41, 5.74) is 0. The predicted octanol–water partition coefficient (Wildman–Crippen LogP) is 2.98. The first kappa shape index (κ1) is 10.1. The van der Waals surface area contributed by atoms with E-state index in [4.69, 9.17) is 16.0 Å². The highest BCUT2D eigenvalue weighted by Gasteiger charge is 1.96. The zero-order chi connectivity index (χ0) is 10.5. The van der Waals surface area contributed by atoms with E-state index >= 15 is 0 Å². The van der Waals surface area contributed by atoms with Crippen molar-refractivity contribution in [3.8, 4) is 0 Å². The largest absolute Gasteiger partial charge is 0.469 e. The number of hydrogen-bond acceptors (Lipinski definition) is 3. The van der Waals surface area contributed by atoms with E-state index in [0.29, 0.717) is 5.02 Å². The minimum atomic E-state index is 0.645. The molecule has 0 radical (unpaired) electrons. The minimum Gasteiger partial charge on any atom is -0.469 e. The zero-order valence-corrected chi connectivity index (χ0v) is 8.87. The Balaban J connectivity index is 1.81. The molecule has 0 amide bonds. The van der Waals surface area contributed by atoms with Gasteiger partial charge in [-0.15, -0.1) is 0 Å². The third-order valence-corrected chi connectivity index (χ3v) is 2.21. The van der Waals surface area contributed by atoms with Gasteiger partial charge >= 0.3 is 0 Å². The second-order valence-corrected chi connectivity index (χ2v) is 3.55. The average molecular weight is 223 g/mol. The van der Waals surface area contributed by atoms with Crippen LogP contribution in [-0.4, -0.2) is 11.5 Å².